The number of aromatic nitrogens is 3. The monoisotopic (exact) mass is 292 g/mol. The Hall–Kier alpha value is -2.06. The van der Waals surface area contributed by atoms with Gasteiger partial charge in [0.15, 0.2) is 0 Å². The number of anilines is 1. The largest absolute Gasteiger partial charge is 0.388 e. The van der Waals surface area contributed by atoms with Crippen LogP contribution in [0.4, 0.5) is 5.00 Å². The van der Waals surface area contributed by atoms with Gasteiger partial charge in [0.05, 0.1) is 11.9 Å². The van der Waals surface area contributed by atoms with Gasteiger partial charge >= 0.3 is 4.87 Å². The lowest BCUT2D eigenvalue weighted by atomic mass is 10.3. The van der Waals surface area contributed by atoms with Crippen LogP contribution < -0.4 is 16.2 Å². The van der Waals surface area contributed by atoms with Crippen molar-refractivity contribution in [2.45, 2.75) is 6.54 Å². The molecule has 6 nitrogen and oxygen atoms in total. The summed E-state index contributed by atoms with van der Waals surface area (Å²) in [6.45, 7) is 0.0569. The molecule has 0 radical (unpaired) electrons. The minimum absolute atomic E-state index is 0.0569. The molecule has 0 saturated heterocycles. The summed E-state index contributed by atoms with van der Waals surface area (Å²) in [5.41, 5.74) is 5.80. The minimum Gasteiger partial charge on any atom is -0.388 e. The van der Waals surface area contributed by atoms with Crippen LogP contribution in [0.2, 0.25) is 0 Å². The lowest BCUT2D eigenvalue weighted by molar-refractivity contribution is 0.731. The topological polar surface area (TPSA) is 90.9 Å². The molecule has 2 N–H and O–H groups in total. The van der Waals surface area contributed by atoms with E-state index in [4.69, 9.17) is 5.73 Å². The molecule has 0 bridgehead atoms. The standard InChI is InChI=1S/C11H8N4O2S2/c12-9-7(13-14-19-9)5-15-10(16)6-3-1-2-4-8(6)18-11(15)17/h1-4H,5,12H2. The second kappa shape index (κ2) is 4.56. The zero-order valence-corrected chi connectivity index (χ0v) is 11.2. The summed E-state index contributed by atoms with van der Waals surface area (Å²) in [6, 6.07) is 7.02. The van der Waals surface area contributed by atoms with E-state index >= 15 is 0 Å². The van der Waals surface area contributed by atoms with E-state index in [9.17, 15) is 9.59 Å². The molecule has 0 fully saturated rings. The van der Waals surface area contributed by atoms with Crippen molar-refractivity contribution in [3.63, 3.8) is 0 Å². The first-order valence-electron chi connectivity index (χ1n) is 5.36. The summed E-state index contributed by atoms with van der Waals surface area (Å²) in [6.07, 6.45) is 0. The molecule has 96 valence electrons. The van der Waals surface area contributed by atoms with Crippen molar-refractivity contribution < 1.29 is 0 Å². The van der Waals surface area contributed by atoms with Crippen LogP contribution in [-0.4, -0.2) is 14.2 Å². The molecular weight excluding hydrogens is 284 g/mol. The SMILES string of the molecule is Nc1snnc1Cn1c(=O)sc2ccccc2c1=O. The molecule has 3 aromatic rings. The van der Waals surface area contributed by atoms with E-state index < -0.39 is 0 Å². The van der Waals surface area contributed by atoms with E-state index in [0.29, 0.717) is 20.8 Å². The summed E-state index contributed by atoms with van der Waals surface area (Å²) in [7, 11) is 0. The van der Waals surface area contributed by atoms with Crippen LogP contribution in [0.25, 0.3) is 10.1 Å². The third-order valence-corrected chi connectivity index (χ3v) is 4.24. The number of benzene rings is 1. The van der Waals surface area contributed by atoms with Gasteiger partial charge in [0.25, 0.3) is 5.56 Å². The molecule has 0 saturated carbocycles. The molecule has 2 aromatic heterocycles. The summed E-state index contributed by atoms with van der Waals surface area (Å²) in [5, 5.41) is 4.77. The van der Waals surface area contributed by atoms with Crippen molar-refractivity contribution >= 4 is 38.0 Å². The Labute approximate surface area is 114 Å². The quantitative estimate of drug-likeness (QED) is 0.758. The number of nitrogens with two attached hydrogens (primary N) is 1. The number of nitrogen functional groups attached to an aromatic ring is 1. The molecule has 8 heteroatoms. The Bertz CT molecular complexity index is 865. The number of fused-ring (bicyclic) bond motifs is 1. The number of rotatable bonds is 2. The van der Waals surface area contributed by atoms with Crippen LogP contribution in [0.15, 0.2) is 33.9 Å². The van der Waals surface area contributed by atoms with E-state index in [-0.39, 0.29) is 17.0 Å². The van der Waals surface area contributed by atoms with Crippen molar-refractivity contribution in [3.05, 3.63) is 50.0 Å². The fourth-order valence-electron chi connectivity index (χ4n) is 1.72. The van der Waals surface area contributed by atoms with Crippen LogP contribution in [0.1, 0.15) is 5.69 Å². The van der Waals surface area contributed by atoms with Gasteiger partial charge < -0.3 is 5.73 Å². The summed E-state index contributed by atoms with van der Waals surface area (Å²) in [4.78, 5) is 23.9. The maximum absolute atomic E-state index is 12.3. The smallest absolute Gasteiger partial charge is 0.310 e. The third kappa shape index (κ3) is 2.04. The molecule has 0 amide bonds. The second-order valence-electron chi connectivity index (χ2n) is 3.84. The van der Waals surface area contributed by atoms with Gasteiger partial charge in [-0.3, -0.25) is 14.2 Å². The summed E-state index contributed by atoms with van der Waals surface area (Å²) in [5.74, 6) is 0. The van der Waals surface area contributed by atoms with Crippen molar-refractivity contribution in [2.24, 2.45) is 0 Å². The van der Waals surface area contributed by atoms with Crippen molar-refractivity contribution in [3.8, 4) is 0 Å². The Kier molecular flexibility index (Phi) is 2.88. The summed E-state index contributed by atoms with van der Waals surface area (Å²) < 4.78 is 5.51. The van der Waals surface area contributed by atoms with Crippen LogP contribution in [0.5, 0.6) is 0 Å². The Morgan fingerprint density at radius 1 is 1.26 bits per heavy atom. The molecular formula is C11H8N4O2S2. The average molecular weight is 292 g/mol. The normalized spacial score (nSPS) is 10.9. The van der Waals surface area contributed by atoms with Crippen molar-refractivity contribution in [1.82, 2.24) is 14.2 Å². The molecule has 0 unspecified atom stereocenters. The highest BCUT2D eigenvalue weighted by Gasteiger charge is 2.11. The predicted molar refractivity (Wildman–Crippen MR) is 75.8 cm³/mol. The third-order valence-electron chi connectivity index (χ3n) is 2.67. The minimum atomic E-state index is -0.327. The van der Waals surface area contributed by atoms with Crippen LogP contribution >= 0.6 is 22.9 Å². The van der Waals surface area contributed by atoms with Gasteiger partial charge in [0.2, 0.25) is 0 Å². The first-order valence-corrected chi connectivity index (χ1v) is 6.95. The first-order chi connectivity index (χ1) is 9.16. The molecule has 1 aromatic carbocycles. The van der Waals surface area contributed by atoms with Gasteiger partial charge in [0.1, 0.15) is 10.7 Å². The molecule has 0 aliphatic carbocycles. The predicted octanol–water partition coefficient (Wildman–Crippen LogP) is 0.905. The average Bonchev–Trinajstić information content (AvgIpc) is 2.80. The number of nitrogens with zero attached hydrogens (tertiary/aromatic N) is 3. The lowest BCUT2D eigenvalue weighted by Gasteiger charge is -2.03. The Morgan fingerprint density at radius 2 is 2.05 bits per heavy atom. The molecule has 0 aliphatic heterocycles. The van der Waals surface area contributed by atoms with Gasteiger partial charge in [-0.25, -0.2) is 0 Å². The highest BCUT2D eigenvalue weighted by Crippen LogP contribution is 2.14. The fourth-order valence-corrected chi connectivity index (χ4v) is 3.02. The highest BCUT2D eigenvalue weighted by atomic mass is 32.1. The molecule has 0 aliphatic rings. The molecule has 3 rings (SSSR count). The second-order valence-corrected chi connectivity index (χ2v) is 5.62. The van der Waals surface area contributed by atoms with Gasteiger partial charge in [-0.05, 0) is 12.1 Å². The van der Waals surface area contributed by atoms with Crippen LogP contribution in [0.3, 0.4) is 0 Å². The van der Waals surface area contributed by atoms with E-state index in [1.165, 1.54) is 0 Å². The zero-order valence-electron chi connectivity index (χ0n) is 9.57. The van der Waals surface area contributed by atoms with Gasteiger partial charge in [-0.2, -0.15) is 0 Å². The Morgan fingerprint density at radius 3 is 2.79 bits per heavy atom. The molecule has 0 atom stereocenters. The number of hydrogen-bond donors (Lipinski definition) is 1. The van der Waals surface area contributed by atoms with E-state index in [0.717, 1.165) is 27.4 Å². The van der Waals surface area contributed by atoms with Crippen LogP contribution in [0, 0.1) is 0 Å². The maximum atomic E-state index is 12.3. The van der Waals surface area contributed by atoms with Gasteiger partial charge in [-0.15, -0.1) is 5.10 Å². The molecule has 2 heterocycles. The summed E-state index contributed by atoms with van der Waals surface area (Å²) >= 11 is 2.07. The van der Waals surface area contributed by atoms with Crippen LogP contribution in [-0.2, 0) is 6.54 Å². The molecule has 0 spiro atoms. The van der Waals surface area contributed by atoms with E-state index in [2.05, 4.69) is 9.59 Å². The van der Waals surface area contributed by atoms with Crippen molar-refractivity contribution in [2.75, 3.05) is 5.73 Å². The van der Waals surface area contributed by atoms with E-state index in [1.54, 1.807) is 24.3 Å². The lowest BCUT2D eigenvalue weighted by Crippen LogP contribution is -2.31. The zero-order chi connectivity index (χ0) is 13.4. The van der Waals surface area contributed by atoms with Gasteiger partial charge in [-0.1, -0.05) is 28.0 Å². The fraction of sp³-hybridized carbons (Fsp3) is 0.0909. The van der Waals surface area contributed by atoms with Crippen molar-refractivity contribution in [1.29, 1.82) is 0 Å². The molecule has 19 heavy (non-hydrogen) atoms. The maximum Gasteiger partial charge on any atom is 0.310 e. The van der Waals surface area contributed by atoms with E-state index in [1.807, 2.05) is 0 Å². The Balaban J connectivity index is 2.22. The van der Waals surface area contributed by atoms with Gasteiger partial charge in [0, 0.05) is 16.2 Å². The highest BCUT2D eigenvalue weighted by molar-refractivity contribution is 7.16. The first kappa shape index (κ1) is 12.0. The number of hydrogen-bond acceptors (Lipinski definition) is 7.